The van der Waals surface area contributed by atoms with Crippen molar-refractivity contribution in [3.63, 3.8) is 0 Å². The molecule has 1 aromatic heterocycles. The van der Waals surface area contributed by atoms with Gasteiger partial charge in [-0.15, -0.1) is 12.4 Å². The van der Waals surface area contributed by atoms with E-state index in [0.717, 1.165) is 40.9 Å². The normalized spacial score (nSPS) is 12.8. The number of benzene rings is 3. The van der Waals surface area contributed by atoms with Crippen molar-refractivity contribution in [1.29, 1.82) is 0 Å². The van der Waals surface area contributed by atoms with Crippen molar-refractivity contribution >= 4 is 81.7 Å². The van der Waals surface area contributed by atoms with Crippen molar-refractivity contribution in [3.05, 3.63) is 99.2 Å². The van der Waals surface area contributed by atoms with Crippen LogP contribution in [0, 0.1) is 6.92 Å². The zero-order valence-corrected chi connectivity index (χ0v) is 30.3. The van der Waals surface area contributed by atoms with Crippen molar-refractivity contribution in [2.75, 3.05) is 50.6 Å². The summed E-state index contributed by atoms with van der Waals surface area (Å²) in [5, 5.41) is 4.32. The Morgan fingerprint density at radius 3 is 2.39 bits per heavy atom. The molecular weight excluding hydrogens is 685 g/mol. The lowest BCUT2D eigenvalue weighted by Crippen LogP contribution is -2.37. The highest BCUT2D eigenvalue weighted by molar-refractivity contribution is 6.38. The average Bonchev–Trinajstić information content (AvgIpc) is 3.09. The van der Waals surface area contributed by atoms with Crippen LogP contribution in [0.4, 0.5) is 11.4 Å². The molecule has 49 heavy (non-hydrogen) atoms. The lowest BCUT2D eigenvalue weighted by Gasteiger charge is -2.30. The molecule has 1 fully saturated rings. The summed E-state index contributed by atoms with van der Waals surface area (Å²) >= 11 is 13.4. The van der Waals surface area contributed by atoms with Gasteiger partial charge in [-0.05, 0) is 74.2 Å². The second-order valence-electron chi connectivity index (χ2n) is 12.0. The van der Waals surface area contributed by atoms with Gasteiger partial charge in [0.1, 0.15) is 17.9 Å². The number of ether oxygens (including phenoxy) is 1. The van der Waals surface area contributed by atoms with Crippen LogP contribution in [0.2, 0.25) is 10.0 Å². The van der Waals surface area contributed by atoms with Crippen LogP contribution in [0.3, 0.4) is 0 Å². The summed E-state index contributed by atoms with van der Waals surface area (Å²) in [6, 6.07) is 18.3. The zero-order chi connectivity index (χ0) is 34.4. The van der Waals surface area contributed by atoms with E-state index in [1.54, 1.807) is 63.6 Å². The molecule has 12 heteroatoms. The van der Waals surface area contributed by atoms with E-state index in [1.165, 1.54) is 35.1 Å². The molecular formula is C37H40Cl3N5O4. The molecule has 3 amide bonds. The Morgan fingerprint density at radius 2 is 1.69 bits per heavy atom. The third-order valence-corrected chi connectivity index (χ3v) is 9.06. The van der Waals surface area contributed by atoms with Gasteiger partial charge in [-0.3, -0.25) is 14.4 Å². The number of halogens is 3. The quantitative estimate of drug-likeness (QED) is 0.172. The van der Waals surface area contributed by atoms with Crippen LogP contribution in [0.1, 0.15) is 46.4 Å². The fraction of sp³-hybridized carbons (Fsp3) is 0.297. The van der Waals surface area contributed by atoms with Gasteiger partial charge in [0.2, 0.25) is 11.8 Å². The van der Waals surface area contributed by atoms with E-state index in [9.17, 15) is 14.4 Å². The van der Waals surface area contributed by atoms with Gasteiger partial charge in [0, 0.05) is 73.2 Å². The van der Waals surface area contributed by atoms with E-state index in [1.807, 2.05) is 19.1 Å². The molecule has 0 aliphatic carbocycles. The fourth-order valence-electron chi connectivity index (χ4n) is 5.61. The fourth-order valence-corrected chi connectivity index (χ4v) is 6.22. The van der Waals surface area contributed by atoms with Gasteiger partial charge in [0.05, 0.1) is 17.3 Å². The average molecular weight is 725 g/mol. The zero-order valence-electron chi connectivity index (χ0n) is 28.0. The number of nitrogens with one attached hydrogen (secondary N) is 1. The smallest absolute Gasteiger partial charge is 0.253 e. The Kier molecular flexibility index (Phi) is 12.9. The molecule has 1 saturated heterocycles. The number of hydrogen-bond acceptors (Lipinski definition) is 6. The molecule has 1 aliphatic rings. The third kappa shape index (κ3) is 9.03. The number of likely N-dealkylation sites (N-methyl/N-ethyl adjacent to an activating group) is 1. The second kappa shape index (κ2) is 16.9. The predicted molar refractivity (Wildman–Crippen MR) is 200 cm³/mol. The molecule has 4 aromatic rings. The number of carbonyl (C=O) groups is 3. The first-order valence-electron chi connectivity index (χ1n) is 15.8. The maximum atomic E-state index is 13.1. The summed E-state index contributed by atoms with van der Waals surface area (Å²) in [7, 11) is 4.95. The predicted octanol–water partition coefficient (Wildman–Crippen LogP) is 7.34. The number of nitrogens with zero attached hydrogens (tertiary/aromatic N) is 4. The van der Waals surface area contributed by atoms with E-state index in [4.69, 9.17) is 32.9 Å². The molecule has 2 heterocycles. The van der Waals surface area contributed by atoms with Crippen LogP contribution < -0.4 is 19.9 Å². The molecule has 0 spiro atoms. The monoisotopic (exact) mass is 723 g/mol. The molecule has 0 radical (unpaired) electrons. The summed E-state index contributed by atoms with van der Waals surface area (Å²) in [6.07, 6.45) is 6.53. The van der Waals surface area contributed by atoms with Crippen molar-refractivity contribution in [2.24, 2.45) is 0 Å². The van der Waals surface area contributed by atoms with E-state index < -0.39 is 5.91 Å². The Labute approximate surface area is 303 Å². The number of para-hydroxylation sites is 1. The van der Waals surface area contributed by atoms with Gasteiger partial charge in [0.15, 0.2) is 0 Å². The Balaban J connectivity index is 0.00000541. The molecule has 9 nitrogen and oxygen atoms in total. The van der Waals surface area contributed by atoms with Gasteiger partial charge in [-0.1, -0.05) is 47.5 Å². The van der Waals surface area contributed by atoms with Gasteiger partial charge in [0.25, 0.3) is 5.91 Å². The molecule has 0 saturated carbocycles. The number of amides is 3. The molecule has 3 aromatic carbocycles. The number of piperidine rings is 1. The van der Waals surface area contributed by atoms with Crippen molar-refractivity contribution in [1.82, 2.24) is 15.2 Å². The highest BCUT2D eigenvalue weighted by Crippen LogP contribution is 2.37. The largest absolute Gasteiger partial charge is 0.487 e. The molecule has 0 bridgehead atoms. The lowest BCUT2D eigenvalue weighted by atomic mass is 10.1. The number of hydrogen-bond donors (Lipinski definition) is 1. The van der Waals surface area contributed by atoms with E-state index in [2.05, 4.69) is 22.3 Å². The number of aryl methyl sites for hydroxylation is 1. The SMILES string of the molecule is Cc1cc(N2CCCCC2)c2cccc(OCc3c(Cl)ccc(N(C)C(=O)CNC(=O)/C=C/c4ccc(C(=O)N(C)C)cc4)c3Cl)c2n1.Cl. The summed E-state index contributed by atoms with van der Waals surface area (Å²) in [5.74, 6) is -0.308. The first-order chi connectivity index (χ1) is 23.0. The second-order valence-corrected chi connectivity index (χ2v) is 12.7. The van der Waals surface area contributed by atoms with Crippen LogP contribution >= 0.6 is 35.6 Å². The molecule has 258 valence electrons. The minimum absolute atomic E-state index is 0. The molecule has 5 rings (SSSR count). The lowest BCUT2D eigenvalue weighted by molar-refractivity contribution is -0.122. The van der Waals surface area contributed by atoms with Crippen LogP contribution in [0.25, 0.3) is 17.0 Å². The standard InChI is InChI=1S/C37H39Cl2N5O4.ClH/c1-24-21-31(44-19-6-5-7-20-44)27-9-8-10-32(36(27)41-24)48-23-28-29(38)16-17-30(35(28)39)43(4)34(46)22-40-33(45)18-13-25-11-14-26(15-12-25)37(47)42(2)3;/h8-18,21H,5-7,19-20,22-23H2,1-4H3,(H,40,45);1H/b18-13+;. The summed E-state index contributed by atoms with van der Waals surface area (Å²) in [4.78, 5) is 47.7. The number of fused-ring (bicyclic) bond motifs is 1. The Morgan fingerprint density at radius 1 is 0.980 bits per heavy atom. The van der Waals surface area contributed by atoms with Crippen LogP contribution in [0.5, 0.6) is 5.75 Å². The van der Waals surface area contributed by atoms with Crippen molar-refractivity contribution in [2.45, 2.75) is 32.8 Å². The first kappa shape index (κ1) is 37.5. The summed E-state index contributed by atoms with van der Waals surface area (Å²) < 4.78 is 6.29. The number of pyridine rings is 1. The summed E-state index contributed by atoms with van der Waals surface area (Å²) in [5.41, 5.74) is 5.09. The van der Waals surface area contributed by atoms with E-state index in [-0.39, 0.29) is 42.4 Å². The number of aromatic nitrogens is 1. The topological polar surface area (TPSA) is 95.1 Å². The molecule has 1 N–H and O–H groups in total. The van der Waals surface area contributed by atoms with Crippen LogP contribution in [0.15, 0.2) is 66.7 Å². The van der Waals surface area contributed by atoms with Gasteiger partial charge >= 0.3 is 0 Å². The highest BCUT2D eigenvalue weighted by Gasteiger charge is 2.21. The molecule has 0 unspecified atom stereocenters. The minimum Gasteiger partial charge on any atom is -0.487 e. The van der Waals surface area contributed by atoms with Gasteiger partial charge < -0.3 is 24.8 Å². The Bertz CT molecular complexity index is 1860. The maximum absolute atomic E-state index is 13.1. The van der Waals surface area contributed by atoms with E-state index >= 15 is 0 Å². The van der Waals surface area contributed by atoms with Gasteiger partial charge in [-0.25, -0.2) is 4.98 Å². The van der Waals surface area contributed by atoms with Crippen molar-refractivity contribution in [3.8, 4) is 5.75 Å². The number of carbonyl (C=O) groups excluding carboxylic acids is 3. The highest BCUT2D eigenvalue weighted by atomic mass is 35.5. The first-order valence-corrected chi connectivity index (χ1v) is 16.6. The Hall–Kier alpha value is -4.31. The molecule has 1 aliphatic heterocycles. The number of anilines is 2. The van der Waals surface area contributed by atoms with Crippen LogP contribution in [-0.2, 0) is 16.2 Å². The van der Waals surface area contributed by atoms with Gasteiger partial charge in [-0.2, -0.15) is 0 Å². The maximum Gasteiger partial charge on any atom is 0.253 e. The number of rotatable bonds is 10. The van der Waals surface area contributed by atoms with Crippen LogP contribution in [-0.4, -0.2) is 68.4 Å². The minimum atomic E-state index is -0.441. The third-order valence-electron chi connectivity index (χ3n) is 8.28. The van der Waals surface area contributed by atoms with E-state index in [0.29, 0.717) is 27.6 Å². The van der Waals surface area contributed by atoms with Crippen molar-refractivity contribution < 1.29 is 19.1 Å². The molecule has 0 atom stereocenters. The summed E-state index contributed by atoms with van der Waals surface area (Å²) in [6.45, 7) is 3.84.